The summed E-state index contributed by atoms with van der Waals surface area (Å²) in [6.45, 7) is 5.05. The molecule has 0 amide bonds. The molecule has 170 valence electrons. The lowest BCUT2D eigenvalue weighted by atomic mass is 9.96. The van der Waals surface area contributed by atoms with E-state index in [1.54, 1.807) is 18.2 Å². The van der Waals surface area contributed by atoms with Gasteiger partial charge in [0.2, 0.25) is 0 Å². The van der Waals surface area contributed by atoms with Crippen LogP contribution in [0.15, 0.2) is 60.7 Å². The Morgan fingerprint density at radius 3 is 1.88 bits per heavy atom. The Bertz CT molecular complexity index is 962. The van der Waals surface area contributed by atoms with Gasteiger partial charge in [0.1, 0.15) is 17.4 Å². The molecule has 0 bridgehead atoms. The van der Waals surface area contributed by atoms with E-state index in [4.69, 9.17) is 4.74 Å². The molecule has 0 heterocycles. The molecule has 3 aromatic rings. The highest BCUT2D eigenvalue weighted by molar-refractivity contribution is 5.71. The van der Waals surface area contributed by atoms with Gasteiger partial charge in [-0.3, -0.25) is 0 Å². The number of aryl methyl sites for hydroxylation is 1. The lowest BCUT2D eigenvalue weighted by molar-refractivity contribution is 0.305. The number of hydrogen-bond acceptors (Lipinski definition) is 1. The number of halogens is 2. The van der Waals surface area contributed by atoms with Crippen molar-refractivity contribution in [3.05, 3.63) is 77.9 Å². The second-order valence-corrected chi connectivity index (χ2v) is 8.36. The van der Waals surface area contributed by atoms with Crippen LogP contribution in [0.3, 0.4) is 0 Å². The first kappa shape index (κ1) is 24.0. The first-order valence-electron chi connectivity index (χ1n) is 11.9. The molecule has 0 aliphatic carbocycles. The standard InChI is InChI=1S/C29H34F2O/c1-3-5-7-9-21-32-26-18-15-23(16-19-26)22-11-13-24(14-12-22)28-27(30)20-17-25(29(28)31)10-8-6-4-2/h11-20H,3-10,21H2,1-2H3. The average Bonchev–Trinajstić information content (AvgIpc) is 2.81. The maximum absolute atomic E-state index is 15.0. The molecule has 3 rings (SSSR count). The van der Waals surface area contributed by atoms with Gasteiger partial charge in [-0.25, -0.2) is 8.78 Å². The minimum atomic E-state index is -0.519. The predicted octanol–water partition coefficient (Wildman–Crippen LogP) is 8.99. The number of benzene rings is 3. The Labute approximate surface area is 191 Å². The molecular weight excluding hydrogens is 402 g/mol. The summed E-state index contributed by atoms with van der Waals surface area (Å²) in [6, 6.07) is 18.4. The minimum Gasteiger partial charge on any atom is -0.494 e. The van der Waals surface area contributed by atoms with Crippen molar-refractivity contribution in [3.8, 4) is 28.0 Å². The van der Waals surface area contributed by atoms with Crippen molar-refractivity contribution >= 4 is 0 Å². The summed E-state index contributed by atoms with van der Waals surface area (Å²) >= 11 is 0. The van der Waals surface area contributed by atoms with Crippen LogP contribution in [0.2, 0.25) is 0 Å². The van der Waals surface area contributed by atoms with Crippen LogP contribution in [0.5, 0.6) is 5.75 Å². The van der Waals surface area contributed by atoms with Crippen molar-refractivity contribution in [3.63, 3.8) is 0 Å². The number of unbranched alkanes of at least 4 members (excludes halogenated alkanes) is 5. The molecule has 3 aromatic carbocycles. The minimum absolute atomic E-state index is 0.0670. The first-order valence-corrected chi connectivity index (χ1v) is 11.9. The summed E-state index contributed by atoms with van der Waals surface area (Å²) in [5.41, 5.74) is 3.27. The maximum atomic E-state index is 15.0. The summed E-state index contributed by atoms with van der Waals surface area (Å²) < 4.78 is 35.3. The largest absolute Gasteiger partial charge is 0.494 e. The molecule has 0 aliphatic heterocycles. The molecule has 3 heteroatoms. The SMILES string of the molecule is CCCCCCOc1ccc(-c2ccc(-c3c(F)ccc(CCCCC)c3F)cc2)cc1. The highest BCUT2D eigenvalue weighted by Gasteiger charge is 2.15. The van der Waals surface area contributed by atoms with Crippen molar-refractivity contribution < 1.29 is 13.5 Å². The maximum Gasteiger partial charge on any atom is 0.137 e. The molecule has 0 radical (unpaired) electrons. The smallest absolute Gasteiger partial charge is 0.137 e. The summed E-state index contributed by atoms with van der Waals surface area (Å²) in [7, 11) is 0. The van der Waals surface area contributed by atoms with E-state index >= 15 is 4.39 Å². The van der Waals surface area contributed by atoms with E-state index in [0.717, 1.165) is 49.2 Å². The third kappa shape index (κ3) is 6.41. The molecule has 0 saturated heterocycles. The molecule has 0 aromatic heterocycles. The van der Waals surface area contributed by atoms with Gasteiger partial charge in [0.05, 0.1) is 12.2 Å². The Morgan fingerprint density at radius 2 is 1.22 bits per heavy atom. The molecule has 1 nitrogen and oxygen atoms in total. The molecule has 0 N–H and O–H groups in total. The van der Waals surface area contributed by atoms with Crippen molar-refractivity contribution in [2.75, 3.05) is 6.61 Å². The lowest BCUT2D eigenvalue weighted by Gasteiger charge is -2.11. The highest BCUT2D eigenvalue weighted by Crippen LogP contribution is 2.31. The van der Waals surface area contributed by atoms with Crippen molar-refractivity contribution in [1.29, 1.82) is 0 Å². The molecule has 0 unspecified atom stereocenters. The second kappa shape index (κ2) is 12.4. The van der Waals surface area contributed by atoms with Gasteiger partial charge >= 0.3 is 0 Å². The number of ether oxygens (including phenoxy) is 1. The summed E-state index contributed by atoms with van der Waals surface area (Å²) in [4.78, 5) is 0. The summed E-state index contributed by atoms with van der Waals surface area (Å²) in [5.74, 6) is -0.0879. The van der Waals surface area contributed by atoms with E-state index in [1.807, 2.05) is 36.4 Å². The van der Waals surface area contributed by atoms with E-state index < -0.39 is 11.6 Å². The van der Waals surface area contributed by atoms with E-state index in [1.165, 1.54) is 25.3 Å². The number of rotatable bonds is 12. The normalized spacial score (nSPS) is 11.0. The Kier molecular flexibility index (Phi) is 9.27. The van der Waals surface area contributed by atoms with Gasteiger partial charge in [-0.05, 0) is 59.7 Å². The van der Waals surface area contributed by atoms with Crippen LogP contribution in [0.25, 0.3) is 22.3 Å². The van der Waals surface area contributed by atoms with Gasteiger partial charge in [-0.15, -0.1) is 0 Å². The van der Waals surface area contributed by atoms with Crippen LogP contribution in [0.1, 0.15) is 64.4 Å². The third-order valence-corrected chi connectivity index (χ3v) is 5.85. The molecule has 0 atom stereocenters. The Balaban J connectivity index is 1.69. The number of hydrogen-bond donors (Lipinski definition) is 0. The molecular formula is C29H34F2O. The molecule has 0 saturated carbocycles. The van der Waals surface area contributed by atoms with E-state index in [9.17, 15) is 4.39 Å². The fourth-order valence-electron chi connectivity index (χ4n) is 3.91. The van der Waals surface area contributed by atoms with Crippen LogP contribution in [-0.4, -0.2) is 6.61 Å². The van der Waals surface area contributed by atoms with Crippen molar-refractivity contribution in [1.82, 2.24) is 0 Å². The fourth-order valence-corrected chi connectivity index (χ4v) is 3.91. The van der Waals surface area contributed by atoms with Crippen molar-refractivity contribution in [2.45, 2.75) is 65.2 Å². The highest BCUT2D eigenvalue weighted by atomic mass is 19.1. The fraction of sp³-hybridized carbons (Fsp3) is 0.379. The Hall–Kier alpha value is -2.68. The topological polar surface area (TPSA) is 9.23 Å². The van der Waals surface area contributed by atoms with E-state index in [0.29, 0.717) is 17.5 Å². The second-order valence-electron chi connectivity index (χ2n) is 8.36. The van der Waals surface area contributed by atoms with Gasteiger partial charge in [-0.1, -0.05) is 88.4 Å². The first-order chi connectivity index (χ1) is 15.6. The van der Waals surface area contributed by atoms with Gasteiger partial charge in [-0.2, -0.15) is 0 Å². The molecule has 0 aliphatic rings. The van der Waals surface area contributed by atoms with Gasteiger partial charge < -0.3 is 4.74 Å². The molecule has 0 fully saturated rings. The summed E-state index contributed by atoms with van der Waals surface area (Å²) in [5, 5.41) is 0. The van der Waals surface area contributed by atoms with Gasteiger partial charge in [0.15, 0.2) is 0 Å². The van der Waals surface area contributed by atoms with Crippen LogP contribution < -0.4 is 4.74 Å². The predicted molar refractivity (Wildman–Crippen MR) is 130 cm³/mol. The quantitative estimate of drug-likeness (QED) is 0.257. The van der Waals surface area contributed by atoms with Crippen LogP contribution in [0, 0.1) is 11.6 Å². The average molecular weight is 437 g/mol. The monoisotopic (exact) mass is 436 g/mol. The lowest BCUT2D eigenvalue weighted by Crippen LogP contribution is -1.98. The zero-order chi connectivity index (χ0) is 22.8. The van der Waals surface area contributed by atoms with E-state index in [2.05, 4.69) is 13.8 Å². The third-order valence-electron chi connectivity index (χ3n) is 5.85. The van der Waals surface area contributed by atoms with E-state index in [-0.39, 0.29) is 5.56 Å². The van der Waals surface area contributed by atoms with Crippen LogP contribution >= 0.6 is 0 Å². The van der Waals surface area contributed by atoms with Crippen LogP contribution in [-0.2, 0) is 6.42 Å². The molecule has 32 heavy (non-hydrogen) atoms. The van der Waals surface area contributed by atoms with Gasteiger partial charge in [0, 0.05) is 0 Å². The summed E-state index contributed by atoms with van der Waals surface area (Å²) in [6.07, 6.45) is 8.40. The zero-order valence-corrected chi connectivity index (χ0v) is 19.3. The van der Waals surface area contributed by atoms with Crippen molar-refractivity contribution in [2.24, 2.45) is 0 Å². The zero-order valence-electron chi connectivity index (χ0n) is 19.3. The molecule has 0 spiro atoms. The van der Waals surface area contributed by atoms with Gasteiger partial charge in [0.25, 0.3) is 0 Å². The Morgan fingerprint density at radius 1 is 0.625 bits per heavy atom. The van der Waals surface area contributed by atoms with Crippen LogP contribution in [0.4, 0.5) is 8.78 Å².